The van der Waals surface area contributed by atoms with Gasteiger partial charge in [-0.15, -0.1) is 0 Å². The number of benzene rings is 1. The molecule has 13 heavy (non-hydrogen) atoms. The number of hydrogen-bond donors (Lipinski definition) is 0. The van der Waals surface area contributed by atoms with Gasteiger partial charge in [0.2, 0.25) is 0 Å². The SMILES string of the molecule is CCc1c(C)ccc2c1CCCO2. The van der Waals surface area contributed by atoms with Gasteiger partial charge in [-0.1, -0.05) is 13.0 Å². The van der Waals surface area contributed by atoms with Crippen molar-refractivity contribution in [2.24, 2.45) is 0 Å². The molecule has 2 rings (SSSR count). The first-order chi connectivity index (χ1) is 6.33. The van der Waals surface area contributed by atoms with Crippen molar-refractivity contribution in [3.8, 4) is 5.75 Å². The summed E-state index contributed by atoms with van der Waals surface area (Å²) >= 11 is 0. The predicted octanol–water partition coefficient (Wildman–Crippen LogP) is 2.88. The van der Waals surface area contributed by atoms with E-state index in [4.69, 9.17) is 4.74 Å². The monoisotopic (exact) mass is 176 g/mol. The second kappa shape index (κ2) is 3.41. The van der Waals surface area contributed by atoms with E-state index in [1.165, 1.54) is 29.5 Å². The number of ether oxygens (including phenoxy) is 1. The fourth-order valence-electron chi connectivity index (χ4n) is 2.12. The highest BCUT2D eigenvalue weighted by Gasteiger charge is 2.14. The normalized spacial score (nSPS) is 14.9. The lowest BCUT2D eigenvalue weighted by molar-refractivity contribution is 0.287. The molecule has 0 unspecified atom stereocenters. The van der Waals surface area contributed by atoms with Crippen LogP contribution in [0.5, 0.6) is 5.75 Å². The summed E-state index contributed by atoms with van der Waals surface area (Å²) in [6, 6.07) is 4.28. The average molecular weight is 176 g/mol. The van der Waals surface area contributed by atoms with Gasteiger partial charge in [0.25, 0.3) is 0 Å². The molecule has 0 saturated heterocycles. The van der Waals surface area contributed by atoms with E-state index in [0.717, 1.165) is 18.8 Å². The third kappa shape index (κ3) is 1.43. The lowest BCUT2D eigenvalue weighted by atomic mass is 9.94. The van der Waals surface area contributed by atoms with Crippen LogP contribution in [0, 0.1) is 6.92 Å². The summed E-state index contributed by atoms with van der Waals surface area (Å²) in [6.07, 6.45) is 3.49. The van der Waals surface area contributed by atoms with E-state index in [0.29, 0.717) is 0 Å². The summed E-state index contributed by atoms with van der Waals surface area (Å²) in [5.74, 6) is 1.12. The van der Waals surface area contributed by atoms with Crippen molar-refractivity contribution in [3.63, 3.8) is 0 Å². The van der Waals surface area contributed by atoms with Gasteiger partial charge in [-0.25, -0.2) is 0 Å². The minimum atomic E-state index is 0.888. The average Bonchev–Trinajstić information content (AvgIpc) is 2.18. The van der Waals surface area contributed by atoms with Crippen LogP contribution in [0.1, 0.15) is 30.0 Å². The minimum absolute atomic E-state index is 0.888. The van der Waals surface area contributed by atoms with Crippen LogP contribution < -0.4 is 4.74 Å². The van der Waals surface area contributed by atoms with Crippen molar-refractivity contribution in [2.45, 2.75) is 33.1 Å². The van der Waals surface area contributed by atoms with Gasteiger partial charge in [0.15, 0.2) is 0 Å². The van der Waals surface area contributed by atoms with Gasteiger partial charge in [0.1, 0.15) is 5.75 Å². The molecule has 0 bridgehead atoms. The van der Waals surface area contributed by atoms with Gasteiger partial charge < -0.3 is 4.74 Å². The second-order valence-electron chi connectivity index (χ2n) is 3.64. The molecule has 0 amide bonds. The first-order valence-electron chi connectivity index (χ1n) is 5.07. The van der Waals surface area contributed by atoms with Crippen molar-refractivity contribution in [1.82, 2.24) is 0 Å². The Balaban J connectivity index is 2.52. The Kier molecular flexibility index (Phi) is 2.26. The lowest BCUT2D eigenvalue weighted by Crippen LogP contribution is -2.11. The van der Waals surface area contributed by atoms with Crippen LogP contribution in [0.4, 0.5) is 0 Å². The van der Waals surface area contributed by atoms with E-state index in [1.807, 2.05) is 0 Å². The van der Waals surface area contributed by atoms with Gasteiger partial charge >= 0.3 is 0 Å². The topological polar surface area (TPSA) is 9.23 Å². The molecule has 70 valence electrons. The molecule has 1 aromatic rings. The summed E-state index contributed by atoms with van der Waals surface area (Å²) in [6.45, 7) is 5.30. The molecule has 1 heteroatoms. The Morgan fingerprint density at radius 2 is 2.23 bits per heavy atom. The van der Waals surface area contributed by atoms with E-state index in [-0.39, 0.29) is 0 Å². The van der Waals surface area contributed by atoms with E-state index in [2.05, 4.69) is 26.0 Å². The molecule has 0 fully saturated rings. The van der Waals surface area contributed by atoms with Crippen molar-refractivity contribution in [2.75, 3.05) is 6.61 Å². The van der Waals surface area contributed by atoms with E-state index in [9.17, 15) is 0 Å². The largest absolute Gasteiger partial charge is 0.493 e. The third-order valence-corrected chi connectivity index (χ3v) is 2.80. The Morgan fingerprint density at radius 3 is 3.00 bits per heavy atom. The van der Waals surface area contributed by atoms with Crippen molar-refractivity contribution < 1.29 is 4.74 Å². The summed E-state index contributed by atoms with van der Waals surface area (Å²) in [5, 5.41) is 0. The third-order valence-electron chi connectivity index (χ3n) is 2.80. The zero-order valence-corrected chi connectivity index (χ0v) is 8.39. The summed E-state index contributed by atoms with van der Waals surface area (Å²) in [4.78, 5) is 0. The molecular formula is C12H16O. The molecule has 0 radical (unpaired) electrons. The maximum absolute atomic E-state index is 5.62. The first kappa shape index (κ1) is 8.61. The molecular weight excluding hydrogens is 160 g/mol. The van der Waals surface area contributed by atoms with Crippen LogP contribution >= 0.6 is 0 Å². The second-order valence-corrected chi connectivity index (χ2v) is 3.64. The molecule has 1 nitrogen and oxygen atoms in total. The van der Waals surface area contributed by atoms with Crippen molar-refractivity contribution >= 4 is 0 Å². The predicted molar refractivity (Wildman–Crippen MR) is 54.4 cm³/mol. The van der Waals surface area contributed by atoms with Gasteiger partial charge in [0, 0.05) is 0 Å². The molecule has 0 saturated carbocycles. The molecule has 1 aromatic carbocycles. The molecule has 0 spiro atoms. The summed E-state index contributed by atoms with van der Waals surface area (Å²) in [5.41, 5.74) is 4.36. The van der Waals surface area contributed by atoms with Crippen LogP contribution in [0.3, 0.4) is 0 Å². The van der Waals surface area contributed by atoms with E-state index >= 15 is 0 Å². The number of rotatable bonds is 1. The summed E-state index contributed by atoms with van der Waals surface area (Å²) < 4.78 is 5.62. The quantitative estimate of drug-likeness (QED) is 0.639. The van der Waals surface area contributed by atoms with Crippen molar-refractivity contribution in [3.05, 3.63) is 28.8 Å². The number of fused-ring (bicyclic) bond motifs is 1. The zero-order valence-electron chi connectivity index (χ0n) is 8.39. The van der Waals surface area contributed by atoms with Gasteiger partial charge in [-0.05, 0) is 48.9 Å². The molecule has 0 atom stereocenters. The highest BCUT2D eigenvalue weighted by Crippen LogP contribution is 2.30. The Hall–Kier alpha value is -0.980. The zero-order chi connectivity index (χ0) is 9.26. The van der Waals surface area contributed by atoms with E-state index < -0.39 is 0 Å². The lowest BCUT2D eigenvalue weighted by Gasteiger charge is -2.21. The molecule has 1 aliphatic heterocycles. The van der Waals surface area contributed by atoms with Crippen LogP contribution in [0.25, 0.3) is 0 Å². The van der Waals surface area contributed by atoms with Crippen LogP contribution in [0.2, 0.25) is 0 Å². The molecule has 0 aromatic heterocycles. The van der Waals surface area contributed by atoms with Crippen LogP contribution in [-0.2, 0) is 12.8 Å². The van der Waals surface area contributed by atoms with Crippen LogP contribution in [-0.4, -0.2) is 6.61 Å². The fraction of sp³-hybridized carbons (Fsp3) is 0.500. The molecule has 0 aliphatic carbocycles. The molecule has 1 aliphatic rings. The molecule has 1 heterocycles. The van der Waals surface area contributed by atoms with Crippen molar-refractivity contribution in [1.29, 1.82) is 0 Å². The number of hydrogen-bond acceptors (Lipinski definition) is 1. The standard InChI is InChI=1S/C12H16O/c1-3-10-9(2)6-7-12-11(10)5-4-8-13-12/h6-7H,3-5,8H2,1-2H3. The smallest absolute Gasteiger partial charge is 0.122 e. The highest BCUT2D eigenvalue weighted by atomic mass is 16.5. The highest BCUT2D eigenvalue weighted by molar-refractivity contribution is 5.45. The van der Waals surface area contributed by atoms with E-state index in [1.54, 1.807) is 0 Å². The first-order valence-corrected chi connectivity index (χ1v) is 5.07. The summed E-state index contributed by atoms with van der Waals surface area (Å²) in [7, 11) is 0. The van der Waals surface area contributed by atoms with Gasteiger partial charge in [0.05, 0.1) is 6.61 Å². The van der Waals surface area contributed by atoms with Gasteiger partial charge in [-0.3, -0.25) is 0 Å². The minimum Gasteiger partial charge on any atom is -0.493 e. The fourth-order valence-corrected chi connectivity index (χ4v) is 2.12. The maximum Gasteiger partial charge on any atom is 0.122 e. The number of aryl methyl sites for hydroxylation is 1. The Morgan fingerprint density at radius 1 is 1.38 bits per heavy atom. The van der Waals surface area contributed by atoms with Gasteiger partial charge in [-0.2, -0.15) is 0 Å². The molecule has 0 N–H and O–H groups in total. The van der Waals surface area contributed by atoms with Crippen LogP contribution in [0.15, 0.2) is 12.1 Å². The Labute approximate surface area is 79.7 Å². The Bertz CT molecular complexity index is 315. The maximum atomic E-state index is 5.62.